The highest BCUT2D eigenvalue weighted by Crippen LogP contribution is 2.24. The van der Waals surface area contributed by atoms with Crippen LogP contribution in [0.25, 0.3) is 11.1 Å². The molecular weight excluding hydrogens is 327 g/mol. The van der Waals surface area contributed by atoms with E-state index in [1.165, 1.54) is 0 Å². The van der Waals surface area contributed by atoms with Gasteiger partial charge in [0.2, 0.25) is 0 Å². The zero-order chi connectivity index (χ0) is 18.9. The van der Waals surface area contributed by atoms with E-state index < -0.39 is 19.0 Å². The third-order valence-corrected chi connectivity index (χ3v) is 4.38. The predicted octanol–water partition coefficient (Wildman–Crippen LogP) is 3.44. The van der Waals surface area contributed by atoms with Gasteiger partial charge in [0, 0.05) is 0 Å². The lowest BCUT2D eigenvalue weighted by Crippen LogP contribution is -2.28. The molecule has 0 unspecified atom stereocenters. The van der Waals surface area contributed by atoms with Crippen LogP contribution in [0.4, 0.5) is 0 Å². The number of carbonyl (C=O) groups is 1. The van der Waals surface area contributed by atoms with Crippen LogP contribution in [0, 0.1) is 5.92 Å². The Morgan fingerprint density at radius 2 is 1.69 bits per heavy atom. The van der Waals surface area contributed by atoms with Gasteiger partial charge in [-0.2, -0.15) is 0 Å². The minimum atomic E-state index is -1.15. The van der Waals surface area contributed by atoms with Gasteiger partial charge >= 0.3 is 5.97 Å². The molecule has 2 rings (SSSR count). The van der Waals surface area contributed by atoms with Gasteiger partial charge in [0.05, 0.1) is 6.61 Å². The predicted molar refractivity (Wildman–Crippen MR) is 105 cm³/mol. The number of ether oxygens (including phenoxy) is 1. The number of carbonyl (C=O) groups excluding carboxylic acids is 1. The summed E-state index contributed by atoms with van der Waals surface area (Å²) >= 11 is 0. The van der Waals surface area contributed by atoms with E-state index >= 15 is 0 Å². The standard InChI is InChI=1S/C21H27BO4/c1-3-26-21(24)20(23)14-17(15-22(2)25)13-16-9-11-19(12-10-16)18-7-5-4-6-8-18/h4-12,17,20,23,25H,3,13-15H2,1-2H3/t17-,20-/m1/s1. The number of hydrogen-bond donors (Lipinski definition) is 2. The van der Waals surface area contributed by atoms with Crippen LogP contribution in [-0.2, 0) is 16.0 Å². The molecule has 138 valence electrons. The lowest BCUT2D eigenvalue weighted by Gasteiger charge is -2.20. The Morgan fingerprint density at radius 1 is 1.08 bits per heavy atom. The van der Waals surface area contributed by atoms with Gasteiger partial charge < -0.3 is 14.9 Å². The number of aliphatic hydroxyl groups excluding tert-OH is 1. The second-order valence-corrected chi connectivity index (χ2v) is 6.72. The molecular formula is C21H27BO4. The first-order valence-corrected chi connectivity index (χ1v) is 9.16. The van der Waals surface area contributed by atoms with Gasteiger partial charge in [-0.3, -0.25) is 0 Å². The van der Waals surface area contributed by atoms with E-state index in [0.717, 1.165) is 16.7 Å². The fourth-order valence-electron chi connectivity index (χ4n) is 3.19. The average Bonchev–Trinajstić information content (AvgIpc) is 2.62. The summed E-state index contributed by atoms with van der Waals surface area (Å²) in [7, 11) is 0. The molecule has 0 heterocycles. The quantitative estimate of drug-likeness (QED) is 0.535. The summed E-state index contributed by atoms with van der Waals surface area (Å²) in [5, 5.41) is 19.8. The molecule has 2 N–H and O–H groups in total. The van der Waals surface area contributed by atoms with Crippen molar-refractivity contribution in [2.24, 2.45) is 5.92 Å². The van der Waals surface area contributed by atoms with Crippen LogP contribution in [0.1, 0.15) is 18.9 Å². The molecule has 0 saturated heterocycles. The van der Waals surface area contributed by atoms with Crippen LogP contribution in [0.3, 0.4) is 0 Å². The lowest BCUT2D eigenvalue weighted by molar-refractivity contribution is -0.153. The van der Waals surface area contributed by atoms with E-state index in [1.54, 1.807) is 13.7 Å². The largest absolute Gasteiger partial charge is 0.464 e. The van der Waals surface area contributed by atoms with Crippen LogP contribution in [0.5, 0.6) is 0 Å². The molecule has 5 heteroatoms. The summed E-state index contributed by atoms with van der Waals surface area (Å²) in [5.41, 5.74) is 3.43. The number of esters is 1. The molecule has 0 spiro atoms. The van der Waals surface area contributed by atoms with Gasteiger partial charge in [0.1, 0.15) is 0 Å². The molecule has 0 aliphatic rings. The number of hydrogen-bond acceptors (Lipinski definition) is 4. The Kier molecular flexibility index (Phi) is 7.88. The van der Waals surface area contributed by atoms with E-state index in [-0.39, 0.29) is 18.9 Å². The normalized spacial score (nSPS) is 13.1. The molecule has 0 bridgehead atoms. The molecule has 0 fully saturated rings. The first-order chi connectivity index (χ1) is 12.5. The number of aliphatic hydroxyl groups is 1. The molecule has 2 atom stereocenters. The van der Waals surface area contributed by atoms with Crippen LogP contribution in [-0.4, -0.2) is 35.7 Å². The van der Waals surface area contributed by atoms with Gasteiger partial charge in [0.15, 0.2) is 6.10 Å². The zero-order valence-corrected chi connectivity index (χ0v) is 15.5. The molecule has 26 heavy (non-hydrogen) atoms. The highest BCUT2D eigenvalue weighted by molar-refractivity contribution is 6.48. The lowest BCUT2D eigenvalue weighted by atomic mass is 9.62. The molecule has 2 aromatic carbocycles. The molecule has 0 amide bonds. The van der Waals surface area contributed by atoms with E-state index in [0.29, 0.717) is 12.7 Å². The molecule has 0 aliphatic carbocycles. The van der Waals surface area contributed by atoms with E-state index in [9.17, 15) is 14.9 Å². The number of benzene rings is 2. The molecule has 0 saturated carbocycles. The van der Waals surface area contributed by atoms with Gasteiger partial charge in [-0.1, -0.05) is 61.4 Å². The molecule has 4 nitrogen and oxygen atoms in total. The summed E-state index contributed by atoms with van der Waals surface area (Å²) in [4.78, 5) is 11.7. The van der Waals surface area contributed by atoms with Crippen molar-refractivity contribution < 1.29 is 19.7 Å². The average molecular weight is 354 g/mol. The molecule has 0 aliphatic heterocycles. The van der Waals surface area contributed by atoms with E-state index in [1.807, 2.05) is 18.2 Å². The Hall–Kier alpha value is -2.11. The Balaban J connectivity index is 2.04. The van der Waals surface area contributed by atoms with E-state index in [4.69, 9.17) is 4.74 Å². The van der Waals surface area contributed by atoms with Crippen LogP contribution in [0.2, 0.25) is 13.1 Å². The fourth-order valence-corrected chi connectivity index (χ4v) is 3.19. The van der Waals surface area contributed by atoms with Crippen LogP contribution >= 0.6 is 0 Å². The monoisotopic (exact) mass is 354 g/mol. The van der Waals surface area contributed by atoms with E-state index in [2.05, 4.69) is 36.4 Å². The maximum absolute atomic E-state index is 11.7. The minimum Gasteiger partial charge on any atom is -0.464 e. The summed E-state index contributed by atoms with van der Waals surface area (Å²) in [6.45, 7) is 3.20. The third-order valence-electron chi connectivity index (χ3n) is 4.38. The van der Waals surface area contributed by atoms with Crippen LogP contribution < -0.4 is 0 Å². The smallest absolute Gasteiger partial charge is 0.334 e. The van der Waals surface area contributed by atoms with Gasteiger partial charge in [0.25, 0.3) is 6.92 Å². The van der Waals surface area contributed by atoms with Crippen molar-refractivity contribution in [3.63, 3.8) is 0 Å². The van der Waals surface area contributed by atoms with Crippen molar-refractivity contribution in [3.05, 3.63) is 60.2 Å². The summed E-state index contributed by atoms with van der Waals surface area (Å²) in [5.74, 6) is -0.598. The zero-order valence-electron chi connectivity index (χ0n) is 15.5. The van der Waals surface area contributed by atoms with Crippen LogP contribution in [0.15, 0.2) is 54.6 Å². The second kappa shape index (κ2) is 10.1. The van der Waals surface area contributed by atoms with Crippen molar-refractivity contribution in [3.8, 4) is 11.1 Å². The van der Waals surface area contributed by atoms with Crippen molar-refractivity contribution in [2.75, 3.05) is 6.61 Å². The highest BCUT2D eigenvalue weighted by Gasteiger charge is 2.24. The van der Waals surface area contributed by atoms with Gasteiger partial charge in [-0.05, 0) is 48.7 Å². The summed E-state index contributed by atoms with van der Waals surface area (Å²) in [6.07, 6.45) is 0.347. The Bertz CT molecular complexity index is 670. The van der Waals surface area contributed by atoms with Crippen molar-refractivity contribution in [2.45, 2.75) is 39.0 Å². The Morgan fingerprint density at radius 3 is 2.27 bits per heavy atom. The molecule has 0 aromatic heterocycles. The van der Waals surface area contributed by atoms with Crippen molar-refractivity contribution in [1.29, 1.82) is 0 Å². The van der Waals surface area contributed by atoms with Gasteiger partial charge in [-0.15, -0.1) is 0 Å². The summed E-state index contributed by atoms with van der Waals surface area (Å²) in [6, 6.07) is 18.4. The fraction of sp³-hybridized carbons (Fsp3) is 0.381. The SMILES string of the molecule is CCOC(=O)[C@H](O)C[C@H](CB(C)O)Cc1ccc(-c2ccccc2)cc1. The summed E-state index contributed by atoms with van der Waals surface area (Å²) < 4.78 is 4.87. The second-order valence-electron chi connectivity index (χ2n) is 6.72. The highest BCUT2D eigenvalue weighted by atomic mass is 16.5. The molecule has 2 aromatic rings. The number of rotatable bonds is 9. The Labute approximate surface area is 155 Å². The first-order valence-electron chi connectivity index (χ1n) is 9.16. The third kappa shape index (κ3) is 6.32. The van der Waals surface area contributed by atoms with Crippen molar-refractivity contribution >= 4 is 12.9 Å². The van der Waals surface area contributed by atoms with Gasteiger partial charge in [-0.25, -0.2) is 4.79 Å². The topological polar surface area (TPSA) is 66.8 Å². The maximum Gasteiger partial charge on any atom is 0.334 e. The maximum atomic E-state index is 11.7. The van der Waals surface area contributed by atoms with Crippen molar-refractivity contribution in [1.82, 2.24) is 0 Å². The molecule has 0 radical (unpaired) electrons. The minimum absolute atomic E-state index is 0.00279. The first kappa shape index (κ1) is 20.2.